The molecule has 1 atom stereocenters. The van der Waals surface area contributed by atoms with Gasteiger partial charge in [0.25, 0.3) is 0 Å². The number of nitrogens with one attached hydrogen (secondary N) is 1. The molecular weight excluding hydrogens is 242 g/mol. The molecule has 0 amide bonds. The number of hydrogen-bond acceptors (Lipinski definition) is 4. The Kier molecular flexibility index (Phi) is 7.86. The third-order valence-corrected chi connectivity index (χ3v) is 2.61. The smallest absolute Gasteiger partial charge is 0.307 e. The third kappa shape index (κ3) is 7.59. The lowest BCUT2D eigenvalue weighted by atomic mass is 10.2. The van der Waals surface area contributed by atoms with Gasteiger partial charge in [0.05, 0.1) is 26.2 Å². The fraction of sp³-hybridized carbons (Fsp3) is 0.533. The van der Waals surface area contributed by atoms with Crippen molar-refractivity contribution in [1.82, 2.24) is 5.32 Å². The maximum absolute atomic E-state index is 11.1. The first kappa shape index (κ1) is 15.7. The average Bonchev–Trinajstić information content (AvgIpc) is 2.40. The lowest BCUT2D eigenvalue weighted by Gasteiger charge is -2.13. The van der Waals surface area contributed by atoms with Gasteiger partial charge in [0.1, 0.15) is 0 Å². The molecule has 0 aromatic heterocycles. The van der Waals surface area contributed by atoms with E-state index < -0.39 is 0 Å². The van der Waals surface area contributed by atoms with Crippen LogP contribution in [0, 0.1) is 0 Å². The first-order valence-corrected chi connectivity index (χ1v) is 6.73. The molecule has 1 rings (SSSR count). The quantitative estimate of drug-likeness (QED) is 0.695. The predicted octanol–water partition coefficient (Wildman–Crippen LogP) is 2.13. The molecule has 0 saturated heterocycles. The lowest BCUT2D eigenvalue weighted by molar-refractivity contribution is -0.143. The van der Waals surface area contributed by atoms with Crippen molar-refractivity contribution in [1.29, 1.82) is 0 Å². The van der Waals surface area contributed by atoms with Gasteiger partial charge in [-0.1, -0.05) is 30.3 Å². The molecule has 0 aliphatic carbocycles. The minimum Gasteiger partial charge on any atom is -0.466 e. The fourth-order valence-electron chi connectivity index (χ4n) is 1.64. The zero-order chi connectivity index (χ0) is 13.9. The first-order chi connectivity index (χ1) is 9.22. The van der Waals surface area contributed by atoms with E-state index in [1.807, 2.05) is 44.2 Å². The number of carbonyl (C=O) groups excluding carboxylic acids is 1. The summed E-state index contributed by atoms with van der Waals surface area (Å²) in [6, 6.07) is 10.3. The highest BCUT2D eigenvalue weighted by atomic mass is 16.5. The molecule has 1 unspecified atom stereocenters. The maximum atomic E-state index is 11.1. The Labute approximate surface area is 115 Å². The molecule has 1 aromatic rings. The van der Waals surface area contributed by atoms with E-state index in [1.54, 1.807) is 0 Å². The van der Waals surface area contributed by atoms with Crippen LogP contribution in [-0.4, -0.2) is 31.8 Å². The Morgan fingerprint density at radius 3 is 2.74 bits per heavy atom. The Hall–Kier alpha value is -1.39. The van der Waals surface area contributed by atoms with Gasteiger partial charge in [-0.15, -0.1) is 0 Å². The van der Waals surface area contributed by atoms with Gasteiger partial charge in [0, 0.05) is 12.6 Å². The molecule has 0 radical (unpaired) electrons. The maximum Gasteiger partial charge on any atom is 0.307 e. The van der Waals surface area contributed by atoms with Gasteiger partial charge in [-0.25, -0.2) is 0 Å². The predicted molar refractivity (Wildman–Crippen MR) is 74.8 cm³/mol. The summed E-state index contributed by atoms with van der Waals surface area (Å²) in [6.07, 6.45) is 0.400. The van der Waals surface area contributed by atoms with Crippen molar-refractivity contribution in [2.45, 2.75) is 32.9 Å². The molecule has 0 fully saturated rings. The van der Waals surface area contributed by atoms with Crippen LogP contribution in [0.15, 0.2) is 30.3 Å². The van der Waals surface area contributed by atoms with Crippen molar-refractivity contribution in [3.8, 4) is 0 Å². The molecule has 0 spiro atoms. The second-order valence-electron chi connectivity index (χ2n) is 4.41. The summed E-state index contributed by atoms with van der Waals surface area (Å²) in [5.41, 5.74) is 1.17. The van der Waals surface area contributed by atoms with E-state index in [1.165, 1.54) is 5.56 Å². The highest BCUT2D eigenvalue weighted by Crippen LogP contribution is 2.00. The van der Waals surface area contributed by atoms with Gasteiger partial charge < -0.3 is 14.8 Å². The Morgan fingerprint density at radius 1 is 1.32 bits per heavy atom. The van der Waals surface area contributed by atoms with Crippen molar-refractivity contribution in [2.24, 2.45) is 0 Å². The summed E-state index contributed by atoms with van der Waals surface area (Å²) in [5, 5.41) is 3.23. The molecule has 0 aliphatic rings. The summed E-state index contributed by atoms with van der Waals surface area (Å²) in [6.45, 7) is 6.15. The Morgan fingerprint density at radius 2 is 2.05 bits per heavy atom. The molecule has 4 nitrogen and oxygen atoms in total. The van der Waals surface area contributed by atoms with E-state index in [9.17, 15) is 4.79 Å². The molecule has 4 heteroatoms. The van der Waals surface area contributed by atoms with Crippen LogP contribution < -0.4 is 5.32 Å². The zero-order valence-electron chi connectivity index (χ0n) is 11.7. The summed E-state index contributed by atoms with van der Waals surface area (Å²) < 4.78 is 10.5. The minimum absolute atomic E-state index is 0.160. The number of ether oxygens (including phenoxy) is 2. The zero-order valence-corrected chi connectivity index (χ0v) is 11.7. The molecule has 0 bridgehead atoms. The van der Waals surface area contributed by atoms with E-state index in [2.05, 4.69) is 5.32 Å². The van der Waals surface area contributed by atoms with Crippen molar-refractivity contribution >= 4 is 5.97 Å². The van der Waals surface area contributed by atoms with Crippen LogP contribution in [0.3, 0.4) is 0 Å². The van der Waals surface area contributed by atoms with Crippen molar-refractivity contribution in [2.75, 3.05) is 19.8 Å². The second kappa shape index (κ2) is 9.53. The minimum atomic E-state index is -0.160. The van der Waals surface area contributed by atoms with Crippen molar-refractivity contribution < 1.29 is 14.3 Å². The van der Waals surface area contributed by atoms with Gasteiger partial charge in [0.2, 0.25) is 0 Å². The summed E-state index contributed by atoms with van der Waals surface area (Å²) >= 11 is 0. The van der Waals surface area contributed by atoms with Crippen LogP contribution >= 0.6 is 0 Å². The molecular formula is C15H23NO3. The number of hydrogen-bond donors (Lipinski definition) is 1. The molecule has 0 aliphatic heterocycles. The Bertz CT molecular complexity index is 354. The van der Waals surface area contributed by atoms with Crippen LogP contribution in [0.5, 0.6) is 0 Å². The summed E-state index contributed by atoms with van der Waals surface area (Å²) in [7, 11) is 0. The molecule has 106 valence electrons. The Balaban J connectivity index is 2.05. The highest BCUT2D eigenvalue weighted by molar-refractivity contribution is 5.69. The topological polar surface area (TPSA) is 47.6 Å². The van der Waals surface area contributed by atoms with Crippen LogP contribution in [0.25, 0.3) is 0 Å². The van der Waals surface area contributed by atoms with Crippen molar-refractivity contribution in [3.05, 3.63) is 35.9 Å². The highest BCUT2D eigenvalue weighted by Gasteiger charge is 2.04. The number of esters is 1. The van der Waals surface area contributed by atoms with Gasteiger partial charge in [0.15, 0.2) is 0 Å². The van der Waals surface area contributed by atoms with E-state index in [4.69, 9.17) is 9.47 Å². The van der Waals surface area contributed by atoms with Crippen LogP contribution in [0.2, 0.25) is 0 Å². The van der Waals surface area contributed by atoms with Gasteiger partial charge in [-0.2, -0.15) is 0 Å². The van der Waals surface area contributed by atoms with E-state index >= 15 is 0 Å². The van der Waals surface area contributed by atoms with Gasteiger partial charge in [-0.05, 0) is 19.4 Å². The summed E-state index contributed by atoms with van der Waals surface area (Å²) in [4.78, 5) is 11.1. The van der Waals surface area contributed by atoms with Gasteiger partial charge >= 0.3 is 5.97 Å². The number of benzene rings is 1. The molecule has 1 N–H and O–H groups in total. The normalized spacial score (nSPS) is 12.1. The molecule has 0 saturated carbocycles. The number of rotatable bonds is 9. The van der Waals surface area contributed by atoms with E-state index in [0.29, 0.717) is 32.8 Å². The van der Waals surface area contributed by atoms with Crippen LogP contribution in [0.4, 0.5) is 0 Å². The third-order valence-electron chi connectivity index (χ3n) is 2.61. The second-order valence-corrected chi connectivity index (χ2v) is 4.41. The van der Waals surface area contributed by atoms with Gasteiger partial charge in [-0.3, -0.25) is 4.79 Å². The average molecular weight is 265 g/mol. The SMILES string of the molecule is CCOC(=O)CCNC(C)COCc1ccccc1. The van der Waals surface area contributed by atoms with E-state index in [0.717, 1.165) is 0 Å². The summed E-state index contributed by atoms with van der Waals surface area (Å²) in [5.74, 6) is -0.160. The number of carbonyl (C=O) groups is 1. The first-order valence-electron chi connectivity index (χ1n) is 6.73. The monoisotopic (exact) mass is 265 g/mol. The lowest BCUT2D eigenvalue weighted by Crippen LogP contribution is -2.32. The molecule has 19 heavy (non-hydrogen) atoms. The van der Waals surface area contributed by atoms with E-state index in [-0.39, 0.29) is 12.0 Å². The van der Waals surface area contributed by atoms with Crippen LogP contribution in [0.1, 0.15) is 25.8 Å². The van der Waals surface area contributed by atoms with Crippen LogP contribution in [-0.2, 0) is 20.9 Å². The largest absolute Gasteiger partial charge is 0.466 e. The molecule has 0 heterocycles. The standard InChI is InChI=1S/C15H23NO3/c1-3-19-15(17)9-10-16-13(2)11-18-12-14-7-5-4-6-8-14/h4-8,13,16H,3,9-12H2,1-2H3. The van der Waals surface area contributed by atoms with Crippen molar-refractivity contribution in [3.63, 3.8) is 0 Å². The fourth-order valence-corrected chi connectivity index (χ4v) is 1.64. The molecule has 1 aromatic carbocycles.